The second-order valence-corrected chi connectivity index (χ2v) is 5.69. The summed E-state index contributed by atoms with van der Waals surface area (Å²) >= 11 is 0. The number of hydrogen-bond acceptors (Lipinski definition) is 2. The highest BCUT2D eigenvalue weighted by molar-refractivity contribution is 5.00. The lowest BCUT2D eigenvalue weighted by Gasteiger charge is -2.46. The first-order valence-corrected chi connectivity index (χ1v) is 5.52. The van der Waals surface area contributed by atoms with Gasteiger partial charge in [-0.25, -0.2) is 0 Å². The van der Waals surface area contributed by atoms with E-state index >= 15 is 0 Å². The predicted molar refractivity (Wildman–Crippen MR) is 55.6 cm³/mol. The Kier molecular flexibility index (Phi) is 2.16. The predicted octanol–water partition coefficient (Wildman–Crippen LogP) is 1.74. The molecule has 3 atom stereocenters. The number of piperidine rings is 1. The zero-order chi connectivity index (χ0) is 9.64. The Morgan fingerprint density at radius 2 is 1.54 bits per heavy atom. The third-order valence-electron chi connectivity index (χ3n) is 3.54. The van der Waals surface area contributed by atoms with Crippen LogP contribution in [0.4, 0.5) is 0 Å². The molecule has 2 rings (SSSR count). The maximum atomic E-state index is 6.03. The van der Waals surface area contributed by atoms with Crippen molar-refractivity contribution in [3.05, 3.63) is 0 Å². The van der Waals surface area contributed by atoms with Crippen LogP contribution in [0.25, 0.3) is 0 Å². The molecule has 2 heteroatoms. The minimum absolute atomic E-state index is 0.339. The van der Waals surface area contributed by atoms with Gasteiger partial charge in [0, 0.05) is 23.7 Å². The summed E-state index contributed by atoms with van der Waals surface area (Å²) in [5.41, 5.74) is 6.37. The van der Waals surface area contributed by atoms with E-state index in [9.17, 15) is 0 Å². The molecule has 1 unspecified atom stereocenters. The molecule has 2 saturated heterocycles. The normalized spacial score (nSPS) is 41.1. The standard InChI is InChI=1S/C11H22N2/c1-11(2,3)13-9-4-5-10(13)7-8(12)6-9/h8-10H,4-7,12H2,1-3H3/t8?,9-,10+. The molecule has 76 valence electrons. The lowest BCUT2D eigenvalue weighted by molar-refractivity contribution is 0.0370. The zero-order valence-corrected chi connectivity index (χ0v) is 9.09. The molecule has 2 heterocycles. The average Bonchev–Trinajstić information content (AvgIpc) is 2.23. The molecule has 0 radical (unpaired) electrons. The van der Waals surface area contributed by atoms with Crippen LogP contribution in [0.2, 0.25) is 0 Å². The van der Waals surface area contributed by atoms with Crippen LogP contribution in [-0.4, -0.2) is 28.6 Å². The molecule has 0 aromatic rings. The topological polar surface area (TPSA) is 29.3 Å². The number of rotatable bonds is 0. The van der Waals surface area contributed by atoms with Gasteiger partial charge in [0.1, 0.15) is 0 Å². The van der Waals surface area contributed by atoms with E-state index in [1.165, 1.54) is 25.7 Å². The first kappa shape index (κ1) is 9.47. The Labute approximate surface area is 81.5 Å². The van der Waals surface area contributed by atoms with Crippen LogP contribution in [0.15, 0.2) is 0 Å². The molecule has 2 aliphatic heterocycles. The number of nitrogens with two attached hydrogens (primary N) is 1. The third-order valence-corrected chi connectivity index (χ3v) is 3.54. The minimum atomic E-state index is 0.339. The quantitative estimate of drug-likeness (QED) is 0.618. The molecule has 2 N–H and O–H groups in total. The highest BCUT2D eigenvalue weighted by Crippen LogP contribution is 2.39. The van der Waals surface area contributed by atoms with Crippen molar-refractivity contribution in [1.82, 2.24) is 4.90 Å². The van der Waals surface area contributed by atoms with Crippen molar-refractivity contribution in [3.63, 3.8) is 0 Å². The van der Waals surface area contributed by atoms with Crippen LogP contribution in [0.3, 0.4) is 0 Å². The Morgan fingerprint density at radius 1 is 1.08 bits per heavy atom. The maximum absolute atomic E-state index is 6.03. The summed E-state index contributed by atoms with van der Waals surface area (Å²) in [6, 6.07) is 2.01. The molecule has 0 amide bonds. The average molecular weight is 182 g/mol. The van der Waals surface area contributed by atoms with Gasteiger partial charge in [-0.3, -0.25) is 4.90 Å². The Hall–Kier alpha value is -0.0800. The molecule has 13 heavy (non-hydrogen) atoms. The van der Waals surface area contributed by atoms with Crippen molar-refractivity contribution in [1.29, 1.82) is 0 Å². The fourth-order valence-corrected chi connectivity index (χ4v) is 3.31. The second kappa shape index (κ2) is 2.96. The van der Waals surface area contributed by atoms with Crippen molar-refractivity contribution in [2.45, 2.75) is 70.1 Å². The van der Waals surface area contributed by atoms with E-state index in [4.69, 9.17) is 5.73 Å². The van der Waals surface area contributed by atoms with E-state index < -0.39 is 0 Å². The van der Waals surface area contributed by atoms with Crippen molar-refractivity contribution in [2.24, 2.45) is 5.73 Å². The van der Waals surface area contributed by atoms with Gasteiger partial charge < -0.3 is 5.73 Å². The Balaban J connectivity index is 2.15. The van der Waals surface area contributed by atoms with Gasteiger partial charge in [-0.05, 0) is 46.5 Å². The van der Waals surface area contributed by atoms with Crippen LogP contribution in [0, 0.1) is 0 Å². The summed E-state index contributed by atoms with van der Waals surface area (Å²) in [6.07, 6.45) is 5.17. The van der Waals surface area contributed by atoms with E-state index in [-0.39, 0.29) is 0 Å². The molecular formula is C11H22N2. The summed E-state index contributed by atoms with van der Waals surface area (Å²) in [7, 11) is 0. The second-order valence-electron chi connectivity index (χ2n) is 5.69. The Bertz CT molecular complexity index is 181. The summed E-state index contributed by atoms with van der Waals surface area (Å²) in [5, 5.41) is 0. The third kappa shape index (κ3) is 1.62. The van der Waals surface area contributed by atoms with Gasteiger partial charge >= 0.3 is 0 Å². The summed E-state index contributed by atoms with van der Waals surface area (Å²) in [5.74, 6) is 0. The van der Waals surface area contributed by atoms with E-state index in [0.29, 0.717) is 11.6 Å². The van der Waals surface area contributed by atoms with Crippen LogP contribution in [0.1, 0.15) is 46.5 Å². The van der Waals surface area contributed by atoms with Crippen LogP contribution < -0.4 is 5.73 Å². The van der Waals surface area contributed by atoms with Crippen LogP contribution >= 0.6 is 0 Å². The molecule has 0 aromatic heterocycles. The van der Waals surface area contributed by atoms with Gasteiger partial charge in [0.15, 0.2) is 0 Å². The largest absolute Gasteiger partial charge is 0.328 e. The smallest absolute Gasteiger partial charge is 0.0130 e. The van der Waals surface area contributed by atoms with E-state index in [1.54, 1.807) is 0 Å². The zero-order valence-electron chi connectivity index (χ0n) is 9.09. The highest BCUT2D eigenvalue weighted by Gasteiger charge is 2.44. The summed E-state index contributed by atoms with van der Waals surface area (Å²) in [4.78, 5) is 2.70. The van der Waals surface area contributed by atoms with Gasteiger partial charge in [-0.2, -0.15) is 0 Å². The molecule has 2 aliphatic rings. The van der Waals surface area contributed by atoms with E-state index in [2.05, 4.69) is 25.7 Å². The fourth-order valence-electron chi connectivity index (χ4n) is 3.31. The SMILES string of the molecule is CC(C)(C)N1[C@@H]2CC[C@H]1CC(N)C2. The lowest BCUT2D eigenvalue weighted by Crippen LogP contribution is -2.55. The number of hydrogen-bond donors (Lipinski definition) is 1. The minimum Gasteiger partial charge on any atom is -0.328 e. The van der Waals surface area contributed by atoms with Crippen LogP contribution in [-0.2, 0) is 0 Å². The van der Waals surface area contributed by atoms with E-state index in [1.807, 2.05) is 0 Å². The number of fused-ring (bicyclic) bond motifs is 2. The van der Waals surface area contributed by atoms with Crippen molar-refractivity contribution < 1.29 is 0 Å². The van der Waals surface area contributed by atoms with Crippen LogP contribution in [0.5, 0.6) is 0 Å². The molecule has 0 spiro atoms. The van der Waals surface area contributed by atoms with Crippen molar-refractivity contribution >= 4 is 0 Å². The lowest BCUT2D eigenvalue weighted by atomic mass is 9.92. The van der Waals surface area contributed by atoms with Gasteiger partial charge in [0.05, 0.1) is 0 Å². The number of nitrogens with zero attached hydrogens (tertiary/aromatic N) is 1. The van der Waals surface area contributed by atoms with Crippen molar-refractivity contribution in [2.75, 3.05) is 0 Å². The first-order chi connectivity index (χ1) is 5.98. The molecule has 2 bridgehead atoms. The summed E-state index contributed by atoms with van der Waals surface area (Å²) in [6.45, 7) is 6.99. The van der Waals surface area contributed by atoms with Crippen molar-refractivity contribution in [3.8, 4) is 0 Å². The molecule has 0 aromatic carbocycles. The molecule has 0 aliphatic carbocycles. The maximum Gasteiger partial charge on any atom is 0.0130 e. The monoisotopic (exact) mass is 182 g/mol. The fraction of sp³-hybridized carbons (Fsp3) is 1.00. The van der Waals surface area contributed by atoms with Gasteiger partial charge in [-0.15, -0.1) is 0 Å². The molecule has 2 fully saturated rings. The highest BCUT2D eigenvalue weighted by atomic mass is 15.3. The van der Waals surface area contributed by atoms with Gasteiger partial charge in [-0.1, -0.05) is 0 Å². The molecule has 2 nitrogen and oxygen atoms in total. The first-order valence-electron chi connectivity index (χ1n) is 5.52. The Morgan fingerprint density at radius 3 is 1.92 bits per heavy atom. The van der Waals surface area contributed by atoms with Gasteiger partial charge in [0.25, 0.3) is 0 Å². The molecular weight excluding hydrogens is 160 g/mol. The van der Waals surface area contributed by atoms with E-state index in [0.717, 1.165) is 12.1 Å². The molecule has 0 saturated carbocycles. The van der Waals surface area contributed by atoms with Gasteiger partial charge in [0.2, 0.25) is 0 Å². The summed E-state index contributed by atoms with van der Waals surface area (Å²) < 4.78 is 0.